The first-order chi connectivity index (χ1) is 28.0. The Balaban J connectivity index is 1.11. The van der Waals surface area contributed by atoms with E-state index in [1.54, 1.807) is 31.4 Å². The van der Waals surface area contributed by atoms with Gasteiger partial charge in [0, 0.05) is 47.0 Å². The molecule has 0 aliphatic heterocycles. The summed E-state index contributed by atoms with van der Waals surface area (Å²) < 4.78 is 54.3. The van der Waals surface area contributed by atoms with Gasteiger partial charge in [0.05, 0.1) is 38.1 Å². The second-order valence-corrected chi connectivity index (χ2v) is 18.4. The van der Waals surface area contributed by atoms with Gasteiger partial charge >= 0.3 is 6.36 Å². The van der Waals surface area contributed by atoms with Gasteiger partial charge in [0.25, 0.3) is 0 Å². The molecule has 1 unspecified atom stereocenters. The number of aliphatic hydroxyl groups excluding tert-OH is 2. The number of ether oxygens (including phenoxy) is 3. The molecule has 2 bridgehead atoms. The number of alkyl halides is 3. The largest absolute Gasteiger partial charge is 0.573 e. The van der Waals surface area contributed by atoms with Crippen molar-refractivity contribution in [1.29, 1.82) is 0 Å². The summed E-state index contributed by atoms with van der Waals surface area (Å²) in [5.41, 5.74) is -0.195. The molecule has 0 aromatic heterocycles. The van der Waals surface area contributed by atoms with Gasteiger partial charge in [-0.3, -0.25) is 9.69 Å². The lowest BCUT2D eigenvalue weighted by Crippen LogP contribution is -2.67. The average molecular weight is 816 g/mol. The fourth-order valence-electron chi connectivity index (χ4n) is 12.3. The van der Waals surface area contributed by atoms with Crippen molar-refractivity contribution >= 4 is 5.78 Å². The molecule has 0 amide bonds. The first-order valence-electron chi connectivity index (χ1n) is 20.9. The summed E-state index contributed by atoms with van der Waals surface area (Å²) in [6, 6.07) is 22.6. The van der Waals surface area contributed by atoms with Gasteiger partial charge in [-0.15, -0.1) is 13.2 Å². The molecule has 3 aromatic rings. The Morgan fingerprint density at radius 1 is 0.864 bits per heavy atom. The first-order valence-corrected chi connectivity index (χ1v) is 20.9. The van der Waals surface area contributed by atoms with Crippen LogP contribution in [0.25, 0.3) is 0 Å². The topological polar surface area (TPSA) is 109 Å². The maximum Gasteiger partial charge on any atom is 0.573 e. The van der Waals surface area contributed by atoms with E-state index in [0.29, 0.717) is 49.2 Å². The van der Waals surface area contributed by atoms with Gasteiger partial charge in [0.1, 0.15) is 11.5 Å². The van der Waals surface area contributed by atoms with E-state index in [0.717, 1.165) is 30.4 Å². The number of fused-ring (bicyclic) bond motifs is 1. The van der Waals surface area contributed by atoms with Crippen molar-refractivity contribution in [3.8, 4) is 11.5 Å². The Bertz CT molecular complexity index is 2060. The van der Waals surface area contributed by atoms with Crippen molar-refractivity contribution in [2.75, 3.05) is 26.8 Å². The third-order valence-electron chi connectivity index (χ3n) is 15.2. The number of carbonyl (C=O) groups excluding carboxylic acids is 1. The fourth-order valence-corrected chi connectivity index (χ4v) is 12.3. The van der Waals surface area contributed by atoms with E-state index in [-0.39, 0.29) is 55.0 Å². The summed E-state index contributed by atoms with van der Waals surface area (Å²) in [6.45, 7) is 5.49. The lowest BCUT2D eigenvalue weighted by atomic mass is 9.32. The fraction of sp³-hybridized carbons (Fsp3) is 0.521. The molecule has 8 nitrogen and oxygen atoms in total. The molecular formula is C48H56F3NO7. The lowest BCUT2D eigenvalue weighted by molar-refractivity contribution is -0.274. The van der Waals surface area contributed by atoms with Gasteiger partial charge in [-0.1, -0.05) is 74.5 Å². The third kappa shape index (κ3) is 7.34. The lowest BCUT2D eigenvalue weighted by Gasteiger charge is -2.71. The summed E-state index contributed by atoms with van der Waals surface area (Å²) >= 11 is 0. The number of allylic oxidation sites excluding steroid dienone is 4. The van der Waals surface area contributed by atoms with Crippen molar-refractivity contribution in [3.05, 3.63) is 119 Å². The van der Waals surface area contributed by atoms with Crippen LogP contribution in [0, 0.1) is 33.5 Å². The Morgan fingerprint density at radius 3 is 2.22 bits per heavy atom. The van der Waals surface area contributed by atoms with Crippen molar-refractivity contribution < 1.29 is 47.5 Å². The quantitative estimate of drug-likeness (QED) is 0.110. The van der Waals surface area contributed by atoms with Gasteiger partial charge in [0.2, 0.25) is 0 Å². The summed E-state index contributed by atoms with van der Waals surface area (Å²) in [4.78, 5) is 16.9. The maximum absolute atomic E-state index is 14.9. The normalized spacial score (nSPS) is 33.8. The number of nitrogens with zero attached hydrogens (tertiary/aromatic N) is 1. The second-order valence-electron chi connectivity index (χ2n) is 18.4. The predicted octanol–water partition coefficient (Wildman–Crippen LogP) is 8.45. The molecule has 3 aromatic carbocycles. The van der Waals surface area contributed by atoms with Crippen LogP contribution in [0.15, 0.2) is 103 Å². The SMILES string of the molecule is COc1ccc(C(=O)C2=C[C@@]34C=C[C@@]25[C@@H]2CC[C@@](O)(CN(Cc6ccc(OC(F)(F)F)cc6)C[C@@H](O)COCc6ccccc6)[C@@]2(C)CC[C@@H]5[C@@]3(C)CCC(O)C4)cc1. The average Bonchev–Trinajstić information content (AvgIpc) is 3.47. The molecule has 316 valence electrons. The number of carbonyl (C=O) groups is 1. The zero-order chi connectivity index (χ0) is 41.8. The van der Waals surface area contributed by atoms with E-state index in [9.17, 15) is 33.3 Å². The number of benzene rings is 3. The molecule has 2 spiro atoms. The van der Waals surface area contributed by atoms with Crippen LogP contribution in [0.5, 0.6) is 11.5 Å². The Kier molecular flexibility index (Phi) is 10.9. The van der Waals surface area contributed by atoms with E-state index >= 15 is 0 Å². The smallest absolute Gasteiger partial charge is 0.497 e. The van der Waals surface area contributed by atoms with Crippen LogP contribution >= 0.6 is 0 Å². The predicted molar refractivity (Wildman–Crippen MR) is 216 cm³/mol. The summed E-state index contributed by atoms with van der Waals surface area (Å²) in [5, 5.41) is 35.6. The molecule has 9 rings (SSSR count). The Hall–Kier alpha value is -4.00. The minimum Gasteiger partial charge on any atom is -0.497 e. The highest BCUT2D eigenvalue weighted by molar-refractivity contribution is 6.10. The van der Waals surface area contributed by atoms with Crippen LogP contribution in [0.4, 0.5) is 13.2 Å². The monoisotopic (exact) mass is 815 g/mol. The number of hydrogen-bond acceptors (Lipinski definition) is 8. The minimum atomic E-state index is -4.81. The van der Waals surface area contributed by atoms with Gasteiger partial charge < -0.3 is 29.5 Å². The molecular weight excluding hydrogens is 760 g/mol. The molecule has 11 heteroatoms. The number of ketones is 1. The van der Waals surface area contributed by atoms with Crippen LogP contribution in [0.2, 0.25) is 0 Å². The van der Waals surface area contributed by atoms with Gasteiger partial charge in [-0.05, 0) is 110 Å². The molecule has 6 aliphatic rings. The highest BCUT2D eigenvalue weighted by atomic mass is 19.4. The molecule has 9 atom stereocenters. The molecule has 0 saturated heterocycles. The van der Waals surface area contributed by atoms with Crippen LogP contribution in [-0.4, -0.2) is 77.0 Å². The van der Waals surface area contributed by atoms with Gasteiger partial charge in [0.15, 0.2) is 5.78 Å². The zero-order valence-corrected chi connectivity index (χ0v) is 34.1. The Morgan fingerprint density at radius 2 is 1.53 bits per heavy atom. The van der Waals surface area contributed by atoms with E-state index in [2.05, 4.69) is 36.8 Å². The minimum absolute atomic E-state index is 0.0404. The molecule has 0 radical (unpaired) electrons. The molecule has 6 aliphatic carbocycles. The van der Waals surface area contributed by atoms with E-state index in [1.165, 1.54) is 12.1 Å². The molecule has 3 fully saturated rings. The number of rotatable bonds is 14. The van der Waals surface area contributed by atoms with Gasteiger partial charge in [-0.2, -0.15) is 0 Å². The molecule has 59 heavy (non-hydrogen) atoms. The van der Waals surface area contributed by atoms with Crippen LogP contribution in [-0.2, 0) is 17.9 Å². The van der Waals surface area contributed by atoms with E-state index in [1.807, 2.05) is 47.4 Å². The molecule has 3 N–H and O–H groups in total. The summed E-state index contributed by atoms with van der Waals surface area (Å²) in [5.74, 6) is 0.320. The van der Waals surface area contributed by atoms with Crippen LogP contribution < -0.4 is 9.47 Å². The van der Waals surface area contributed by atoms with Gasteiger partial charge in [-0.25, -0.2) is 0 Å². The number of Topliss-reactive ketones (excluding diaryl/α,β-unsaturated/α-hetero) is 1. The number of halogens is 3. The summed E-state index contributed by atoms with van der Waals surface area (Å²) in [7, 11) is 1.59. The van der Waals surface area contributed by atoms with E-state index in [4.69, 9.17) is 9.47 Å². The number of aliphatic hydroxyl groups is 3. The van der Waals surface area contributed by atoms with E-state index < -0.39 is 40.4 Å². The first kappa shape index (κ1) is 41.7. The van der Waals surface area contributed by atoms with Crippen molar-refractivity contribution in [2.45, 2.75) is 96.1 Å². The molecule has 3 saturated carbocycles. The number of methoxy groups -OCH3 is 1. The van der Waals surface area contributed by atoms with Crippen LogP contribution in [0.1, 0.15) is 80.3 Å². The third-order valence-corrected chi connectivity index (χ3v) is 15.2. The van der Waals surface area contributed by atoms with Crippen LogP contribution in [0.3, 0.4) is 0 Å². The Labute approximate surface area is 344 Å². The second kappa shape index (κ2) is 15.5. The van der Waals surface area contributed by atoms with Crippen molar-refractivity contribution in [1.82, 2.24) is 4.90 Å². The number of hydrogen-bond donors (Lipinski definition) is 3. The van der Waals surface area contributed by atoms with Crippen molar-refractivity contribution in [2.24, 2.45) is 33.5 Å². The van der Waals surface area contributed by atoms with Crippen molar-refractivity contribution in [3.63, 3.8) is 0 Å². The standard InChI is InChI=1S/C48H56F3NO7/c1-43-20-17-35(53)25-45(43)23-24-47(39(26-45)42(55)34-11-15-37(57-3)16-12-34)40(43)18-21-44(2)41(47)19-22-46(44,56)31-52(27-32-9-13-38(14-10-32)59-48(49,50)51)28-36(54)30-58-29-33-7-5-4-6-8-33/h4-16,23-24,26,35-36,40-41,53-54,56H,17-22,25,27-31H2,1-3H3/t35?,36-,40-,41-,43-,44+,45+,46-,47-/m1/s1. The summed E-state index contributed by atoms with van der Waals surface area (Å²) in [6.07, 6.45) is 5.34. The highest BCUT2D eigenvalue weighted by Gasteiger charge is 2.74. The maximum atomic E-state index is 14.9. The highest BCUT2D eigenvalue weighted by Crippen LogP contribution is 2.78. The zero-order valence-electron chi connectivity index (χ0n) is 34.1. The molecule has 0 heterocycles.